The number of hydrogen-bond donors (Lipinski definition) is 1. The first kappa shape index (κ1) is 20.8. The molecule has 26 heavy (non-hydrogen) atoms. The van der Waals surface area contributed by atoms with Gasteiger partial charge in [0.05, 0.1) is 19.4 Å². The third kappa shape index (κ3) is 5.23. The Kier molecular flexibility index (Phi) is 7.96. The average Bonchev–Trinajstić information content (AvgIpc) is 3.12. The summed E-state index contributed by atoms with van der Waals surface area (Å²) in [5.74, 6) is 1.78. The summed E-state index contributed by atoms with van der Waals surface area (Å²) >= 11 is 0. The van der Waals surface area contributed by atoms with Crippen molar-refractivity contribution in [3.05, 3.63) is 59.0 Å². The van der Waals surface area contributed by atoms with Gasteiger partial charge in [-0.2, -0.15) is 0 Å². The van der Waals surface area contributed by atoms with Gasteiger partial charge in [-0.05, 0) is 44.0 Å². The molecule has 0 aliphatic carbocycles. The van der Waals surface area contributed by atoms with Crippen molar-refractivity contribution < 1.29 is 9.15 Å². The number of ether oxygens (including phenoxy) is 1. The molecular formula is C20H28IN3O2. The van der Waals surface area contributed by atoms with Gasteiger partial charge in [-0.15, -0.1) is 24.0 Å². The third-order valence-corrected chi connectivity index (χ3v) is 4.44. The van der Waals surface area contributed by atoms with Gasteiger partial charge < -0.3 is 19.4 Å². The SMILES string of the molecule is CCNC(=NCc1ccco1)N1CCOC(c2ccc(C)cc2C)C1.I. The summed E-state index contributed by atoms with van der Waals surface area (Å²) in [5, 5.41) is 3.39. The van der Waals surface area contributed by atoms with E-state index in [-0.39, 0.29) is 30.1 Å². The highest BCUT2D eigenvalue weighted by Gasteiger charge is 2.25. The van der Waals surface area contributed by atoms with Gasteiger partial charge in [-0.25, -0.2) is 4.99 Å². The number of nitrogens with zero attached hydrogens (tertiary/aromatic N) is 2. The number of nitrogens with one attached hydrogen (secondary N) is 1. The summed E-state index contributed by atoms with van der Waals surface area (Å²) in [5.41, 5.74) is 3.82. The molecule has 1 aromatic carbocycles. The maximum Gasteiger partial charge on any atom is 0.194 e. The molecule has 6 heteroatoms. The van der Waals surface area contributed by atoms with E-state index in [4.69, 9.17) is 14.1 Å². The van der Waals surface area contributed by atoms with Crippen molar-refractivity contribution in [1.82, 2.24) is 10.2 Å². The summed E-state index contributed by atoms with van der Waals surface area (Å²) in [6.07, 6.45) is 1.75. The van der Waals surface area contributed by atoms with Crippen LogP contribution < -0.4 is 5.32 Å². The molecule has 3 rings (SSSR count). The first-order chi connectivity index (χ1) is 12.2. The molecule has 1 N–H and O–H groups in total. The molecule has 0 bridgehead atoms. The number of hydrogen-bond acceptors (Lipinski definition) is 3. The van der Waals surface area contributed by atoms with E-state index in [0.717, 1.165) is 31.4 Å². The number of benzene rings is 1. The first-order valence-electron chi connectivity index (χ1n) is 8.91. The van der Waals surface area contributed by atoms with Gasteiger partial charge in [0.15, 0.2) is 5.96 Å². The van der Waals surface area contributed by atoms with Gasteiger partial charge in [0.25, 0.3) is 0 Å². The topological polar surface area (TPSA) is 50.0 Å². The molecule has 0 radical (unpaired) electrons. The average molecular weight is 469 g/mol. The smallest absolute Gasteiger partial charge is 0.194 e. The van der Waals surface area contributed by atoms with Crippen molar-refractivity contribution in [3.8, 4) is 0 Å². The van der Waals surface area contributed by atoms with E-state index in [9.17, 15) is 0 Å². The summed E-state index contributed by atoms with van der Waals surface area (Å²) in [6.45, 7) is 10.1. The van der Waals surface area contributed by atoms with Crippen LogP contribution in [0.15, 0.2) is 46.0 Å². The number of aryl methyl sites for hydroxylation is 2. The maximum absolute atomic E-state index is 6.05. The van der Waals surface area contributed by atoms with Crippen molar-refractivity contribution in [3.63, 3.8) is 0 Å². The summed E-state index contributed by atoms with van der Waals surface area (Å²) in [6, 6.07) is 10.4. The molecule has 0 amide bonds. The molecule has 0 spiro atoms. The molecule has 1 unspecified atom stereocenters. The highest BCUT2D eigenvalue weighted by Crippen LogP contribution is 2.26. The molecule has 1 aromatic heterocycles. The van der Waals surface area contributed by atoms with Crippen LogP contribution in [0.3, 0.4) is 0 Å². The fraction of sp³-hybridized carbons (Fsp3) is 0.450. The van der Waals surface area contributed by atoms with Crippen LogP contribution in [0.2, 0.25) is 0 Å². The van der Waals surface area contributed by atoms with Crippen molar-refractivity contribution >= 4 is 29.9 Å². The number of furan rings is 1. The molecule has 2 heterocycles. The predicted molar refractivity (Wildman–Crippen MR) is 115 cm³/mol. The van der Waals surface area contributed by atoms with Gasteiger partial charge in [0, 0.05) is 13.1 Å². The Morgan fingerprint density at radius 3 is 2.85 bits per heavy atom. The second-order valence-corrected chi connectivity index (χ2v) is 6.42. The van der Waals surface area contributed by atoms with Crippen LogP contribution in [-0.4, -0.2) is 37.1 Å². The van der Waals surface area contributed by atoms with Gasteiger partial charge in [0.1, 0.15) is 18.4 Å². The van der Waals surface area contributed by atoms with Gasteiger partial charge in [0.2, 0.25) is 0 Å². The molecule has 1 fully saturated rings. The lowest BCUT2D eigenvalue weighted by molar-refractivity contribution is -0.00835. The molecule has 142 valence electrons. The van der Waals surface area contributed by atoms with Crippen LogP contribution in [0.1, 0.15) is 35.5 Å². The summed E-state index contributed by atoms with van der Waals surface area (Å²) < 4.78 is 11.4. The van der Waals surface area contributed by atoms with E-state index in [1.807, 2.05) is 12.1 Å². The Morgan fingerprint density at radius 1 is 1.31 bits per heavy atom. The predicted octanol–water partition coefficient (Wildman–Crippen LogP) is 4.05. The Hall–Kier alpha value is -1.54. The van der Waals surface area contributed by atoms with E-state index in [1.165, 1.54) is 16.7 Å². The van der Waals surface area contributed by atoms with E-state index in [1.54, 1.807) is 6.26 Å². The fourth-order valence-corrected chi connectivity index (χ4v) is 3.20. The van der Waals surface area contributed by atoms with E-state index in [0.29, 0.717) is 13.2 Å². The van der Waals surface area contributed by atoms with Crippen LogP contribution in [0.5, 0.6) is 0 Å². The van der Waals surface area contributed by atoms with Gasteiger partial charge in [-0.3, -0.25) is 0 Å². The molecule has 1 aliphatic heterocycles. The number of halogens is 1. The fourth-order valence-electron chi connectivity index (χ4n) is 3.20. The second kappa shape index (κ2) is 9.97. The zero-order valence-corrected chi connectivity index (χ0v) is 18.0. The van der Waals surface area contributed by atoms with Crippen molar-refractivity contribution in [1.29, 1.82) is 0 Å². The minimum absolute atomic E-state index is 0. The Morgan fingerprint density at radius 2 is 2.15 bits per heavy atom. The highest BCUT2D eigenvalue weighted by molar-refractivity contribution is 14.0. The van der Waals surface area contributed by atoms with Crippen LogP contribution in [0.4, 0.5) is 0 Å². The number of morpholine rings is 1. The normalized spacial score (nSPS) is 17.7. The standard InChI is InChI=1S/C20H27N3O2.HI/c1-4-21-20(22-13-17-6-5-10-24-17)23-9-11-25-19(14-23)18-8-7-15(2)12-16(18)3;/h5-8,10,12,19H,4,9,11,13-14H2,1-3H3,(H,21,22);1H. The zero-order chi connectivity index (χ0) is 17.6. The minimum atomic E-state index is 0. The first-order valence-corrected chi connectivity index (χ1v) is 8.91. The lowest BCUT2D eigenvalue weighted by atomic mass is 10.00. The van der Waals surface area contributed by atoms with Crippen LogP contribution in [0, 0.1) is 13.8 Å². The quantitative estimate of drug-likeness (QED) is 0.417. The molecular weight excluding hydrogens is 441 g/mol. The summed E-state index contributed by atoms with van der Waals surface area (Å²) in [7, 11) is 0. The lowest BCUT2D eigenvalue weighted by Crippen LogP contribution is -2.48. The third-order valence-electron chi connectivity index (χ3n) is 4.44. The van der Waals surface area contributed by atoms with E-state index >= 15 is 0 Å². The van der Waals surface area contributed by atoms with Crippen molar-refractivity contribution in [2.75, 3.05) is 26.2 Å². The van der Waals surface area contributed by atoms with Crippen LogP contribution in [-0.2, 0) is 11.3 Å². The molecule has 0 saturated carbocycles. The number of guanidine groups is 1. The van der Waals surface area contributed by atoms with Crippen molar-refractivity contribution in [2.45, 2.75) is 33.4 Å². The Labute approximate surface area is 172 Å². The maximum atomic E-state index is 6.05. The summed E-state index contributed by atoms with van der Waals surface area (Å²) in [4.78, 5) is 7.00. The number of rotatable bonds is 4. The van der Waals surface area contributed by atoms with Crippen LogP contribution >= 0.6 is 24.0 Å². The Balaban J connectivity index is 0.00000243. The monoisotopic (exact) mass is 469 g/mol. The molecule has 1 aliphatic rings. The highest BCUT2D eigenvalue weighted by atomic mass is 127. The largest absolute Gasteiger partial charge is 0.467 e. The zero-order valence-electron chi connectivity index (χ0n) is 15.7. The molecule has 2 aromatic rings. The number of aliphatic imine (C=N–C) groups is 1. The minimum Gasteiger partial charge on any atom is -0.467 e. The molecule has 1 saturated heterocycles. The molecule has 5 nitrogen and oxygen atoms in total. The van der Waals surface area contributed by atoms with E-state index in [2.05, 4.69) is 49.2 Å². The Bertz CT molecular complexity index is 716. The van der Waals surface area contributed by atoms with Gasteiger partial charge >= 0.3 is 0 Å². The molecule has 1 atom stereocenters. The van der Waals surface area contributed by atoms with Crippen molar-refractivity contribution in [2.24, 2.45) is 4.99 Å². The van der Waals surface area contributed by atoms with E-state index < -0.39 is 0 Å². The van der Waals surface area contributed by atoms with Gasteiger partial charge in [-0.1, -0.05) is 23.8 Å². The second-order valence-electron chi connectivity index (χ2n) is 6.42. The lowest BCUT2D eigenvalue weighted by Gasteiger charge is -2.35. The van der Waals surface area contributed by atoms with Crippen LogP contribution in [0.25, 0.3) is 0 Å².